The van der Waals surface area contributed by atoms with E-state index >= 15 is 0 Å². The predicted molar refractivity (Wildman–Crippen MR) is 118 cm³/mol. The Morgan fingerprint density at radius 2 is 1.79 bits per heavy atom. The quantitative estimate of drug-likeness (QED) is 0.620. The van der Waals surface area contributed by atoms with Gasteiger partial charge in [-0.1, -0.05) is 32.1 Å². The molecule has 28 heavy (non-hydrogen) atoms. The van der Waals surface area contributed by atoms with Gasteiger partial charge in [0.05, 0.1) is 23.6 Å². The summed E-state index contributed by atoms with van der Waals surface area (Å²) in [7, 11) is 0. The summed E-state index contributed by atoms with van der Waals surface area (Å²) < 4.78 is 5.86. The number of hydrogen-bond donors (Lipinski definition) is 0. The summed E-state index contributed by atoms with van der Waals surface area (Å²) in [5.41, 5.74) is 8.21. The molecule has 2 aromatic carbocycles. The first-order valence-corrected chi connectivity index (χ1v) is 10.2. The second kappa shape index (κ2) is 7.38. The molecule has 0 saturated carbocycles. The normalized spacial score (nSPS) is 17.9. The Balaban J connectivity index is 1.56. The average molecular weight is 373 g/mol. The first-order valence-electron chi connectivity index (χ1n) is 10.2. The van der Waals surface area contributed by atoms with Gasteiger partial charge in [0.1, 0.15) is 5.75 Å². The van der Waals surface area contributed by atoms with Crippen molar-refractivity contribution in [3.63, 3.8) is 0 Å². The molecule has 0 radical (unpaired) electrons. The summed E-state index contributed by atoms with van der Waals surface area (Å²) in [4.78, 5) is 9.61. The Kier molecular flexibility index (Phi) is 4.92. The zero-order valence-electron chi connectivity index (χ0n) is 17.4. The van der Waals surface area contributed by atoms with Crippen molar-refractivity contribution in [1.82, 2.24) is 0 Å². The average Bonchev–Trinajstić information content (AvgIpc) is 3.29. The molecule has 3 nitrogen and oxygen atoms in total. The van der Waals surface area contributed by atoms with E-state index in [1.807, 2.05) is 6.21 Å². The lowest BCUT2D eigenvalue weighted by Crippen LogP contribution is -2.07. The van der Waals surface area contributed by atoms with Gasteiger partial charge in [-0.05, 0) is 73.2 Å². The third-order valence-corrected chi connectivity index (χ3v) is 5.32. The van der Waals surface area contributed by atoms with Crippen LogP contribution in [0.3, 0.4) is 0 Å². The van der Waals surface area contributed by atoms with Crippen molar-refractivity contribution >= 4 is 17.6 Å². The van der Waals surface area contributed by atoms with Crippen molar-refractivity contribution in [3.05, 3.63) is 70.3 Å². The van der Waals surface area contributed by atoms with Gasteiger partial charge in [0, 0.05) is 18.2 Å². The second-order valence-corrected chi connectivity index (χ2v) is 8.31. The number of aryl methyl sites for hydroxylation is 1. The van der Waals surface area contributed by atoms with Crippen molar-refractivity contribution in [1.29, 1.82) is 0 Å². The first-order chi connectivity index (χ1) is 13.4. The Bertz CT molecular complexity index is 996. The minimum atomic E-state index is 0.181. The Hall–Kier alpha value is -2.68. The summed E-state index contributed by atoms with van der Waals surface area (Å²) in [6.45, 7) is 10.6. The molecule has 0 amide bonds. The van der Waals surface area contributed by atoms with Gasteiger partial charge in [-0.3, -0.25) is 9.98 Å². The zero-order chi connectivity index (χ0) is 19.8. The number of nitrogens with zero attached hydrogens (tertiary/aromatic N) is 2. The largest absolute Gasteiger partial charge is 0.491 e. The fraction of sp³-hybridized carbons (Fsp3) is 0.360. The molecule has 0 aliphatic carbocycles. The number of hydrogen-bond acceptors (Lipinski definition) is 3. The molecule has 2 aliphatic rings. The lowest BCUT2D eigenvalue weighted by molar-refractivity contribution is 0.241. The fourth-order valence-corrected chi connectivity index (χ4v) is 3.90. The molecule has 0 aromatic heterocycles. The van der Waals surface area contributed by atoms with E-state index in [-0.39, 0.29) is 12.1 Å². The van der Waals surface area contributed by atoms with Gasteiger partial charge in [-0.25, -0.2) is 0 Å². The summed E-state index contributed by atoms with van der Waals surface area (Å²) in [6, 6.07) is 13.3. The molecule has 0 saturated heterocycles. The molecular formula is C25H28N2O. The Morgan fingerprint density at radius 3 is 2.50 bits per heavy atom. The molecule has 1 atom stereocenters. The number of allylic oxidation sites excluding steroid dienone is 1. The topological polar surface area (TPSA) is 34.0 Å². The van der Waals surface area contributed by atoms with E-state index in [4.69, 9.17) is 9.73 Å². The lowest BCUT2D eigenvalue weighted by Gasteiger charge is -2.14. The van der Waals surface area contributed by atoms with Crippen LogP contribution in [-0.4, -0.2) is 18.0 Å². The molecule has 0 spiro atoms. The van der Waals surface area contributed by atoms with Gasteiger partial charge in [0.15, 0.2) is 0 Å². The van der Waals surface area contributed by atoms with Crippen molar-refractivity contribution in [3.8, 4) is 5.75 Å². The van der Waals surface area contributed by atoms with Crippen LogP contribution in [0.1, 0.15) is 68.0 Å². The number of fused-ring (bicyclic) bond motifs is 1. The van der Waals surface area contributed by atoms with E-state index in [1.54, 1.807) is 0 Å². The first kappa shape index (κ1) is 18.7. The maximum Gasteiger partial charge on any atom is 0.122 e. The summed E-state index contributed by atoms with van der Waals surface area (Å²) in [5, 5.41) is 0. The molecule has 3 heteroatoms. The van der Waals surface area contributed by atoms with Gasteiger partial charge in [0.2, 0.25) is 0 Å². The highest BCUT2D eigenvalue weighted by Crippen LogP contribution is 2.35. The Labute approximate surface area is 167 Å². The van der Waals surface area contributed by atoms with Crippen molar-refractivity contribution in [2.75, 3.05) is 0 Å². The Morgan fingerprint density at radius 1 is 1.00 bits per heavy atom. The number of benzene rings is 2. The van der Waals surface area contributed by atoms with Crippen LogP contribution in [0, 0.1) is 12.8 Å². The highest BCUT2D eigenvalue weighted by atomic mass is 16.5. The molecule has 0 bridgehead atoms. The summed E-state index contributed by atoms with van der Waals surface area (Å²) in [6.07, 6.45) is 5.27. The van der Waals surface area contributed by atoms with Crippen molar-refractivity contribution in [2.24, 2.45) is 15.9 Å². The van der Waals surface area contributed by atoms with Gasteiger partial charge in [0.25, 0.3) is 0 Å². The molecule has 1 unspecified atom stereocenters. The van der Waals surface area contributed by atoms with E-state index in [0.717, 1.165) is 29.1 Å². The number of aliphatic imine (C=N–C) groups is 2. The van der Waals surface area contributed by atoms with E-state index in [0.29, 0.717) is 5.92 Å². The smallest absolute Gasteiger partial charge is 0.122 e. The van der Waals surface area contributed by atoms with Gasteiger partial charge in [-0.15, -0.1) is 0 Å². The lowest BCUT2D eigenvalue weighted by atomic mass is 9.94. The highest BCUT2D eigenvalue weighted by molar-refractivity contribution is 6.07. The van der Waals surface area contributed by atoms with Crippen LogP contribution in [-0.2, 0) is 0 Å². The van der Waals surface area contributed by atoms with Crippen LogP contribution in [0.2, 0.25) is 0 Å². The molecule has 144 valence electrons. The van der Waals surface area contributed by atoms with Crippen LogP contribution in [0.25, 0.3) is 5.70 Å². The summed E-state index contributed by atoms with van der Waals surface area (Å²) in [5.74, 6) is 1.47. The standard InChI is InChI=1S/C25H28N2O/c1-15(2)25-21-8-6-19(13-20(21)14-26-25)23-10-9-22(27-23)18-7-11-24(17(5)12-18)28-16(3)4/h6-8,10-16,25H,9H2,1-5H3. The zero-order valence-corrected chi connectivity index (χ0v) is 17.4. The molecular weight excluding hydrogens is 344 g/mol. The molecule has 2 aliphatic heterocycles. The van der Waals surface area contributed by atoms with Gasteiger partial charge in [-0.2, -0.15) is 0 Å². The van der Waals surface area contributed by atoms with Crippen LogP contribution in [0.4, 0.5) is 0 Å². The van der Waals surface area contributed by atoms with Crippen molar-refractivity contribution in [2.45, 2.75) is 53.2 Å². The predicted octanol–water partition coefficient (Wildman–Crippen LogP) is 6.15. The van der Waals surface area contributed by atoms with Crippen LogP contribution < -0.4 is 4.74 Å². The summed E-state index contributed by atoms with van der Waals surface area (Å²) >= 11 is 0. The fourth-order valence-electron chi connectivity index (χ4n) is 3.90. The van der Waals surface area contributed by atoms with E-state index in [2.05, 4.69) is 82.1 Å². The van der Waals surface area contributed by atoms with E-state index in [1.165, 1.54) is 22.3 Å². The monoisotopic (exact) mass is 372 g/mol. The molecule has 2 aromatic rings. The number of rotatable bonds is 5. The van der Waals surface area contributed by atoms with Crippen LogP contribution in [0.5, 0.6) is 5.75 Å². The third kappa shape index (κ3) is 3.54. The molecule has 0 N–H and O–H groups in total. The maximum atomic E-state index is 5.86. The highest BCUT2D eigenvalue weighted by Gasteiger charge is 2.23. The van der Waals surface area contributed by atoms with Gasteiger partial charge < -0.3 is 4.74 Å². The van der Waals surface area contributed by atoms with E-state index < -0.39 is 0 Å². The number of ether oxygens (including phenoxy) is 1. The second-order valence-electron chi connectivity index (χ2n) is 8.31. The minimum Gasteiger partial charge on any atom is -0.491 e. The van der Waals surface area contributed by atoms with Gasteiger partial charge >= 0.3 is 0 Å². The molecule has 0 fully saturated rings. The van der Waals surface area contributed by atoms with Crippen molar-refractivity contribution < 1.29 is 4.74 Å². The minimum absolute atomic E-state index is 0.181. The molecule has 2 heterocycles. The third-order valence-electron chi connectivity index (χ3n) is 5.32. The maximum absolute atomic E-state index is 5.86. The van der Waals surface area contributed by atoms with E-state index in [9.17, 15) is 0 Å². The van der Waals surface area contributed by atoms with Crippen LogP contribution in [0.15, 0.2) is 52.5 Å². The van der Waals surface area contributed by atoms with Crippen LogP contribution >= 0.6 is 0 Å². The SMILES string of the molecule is Cc1cc(C2=NC(c3ccc4c(c3)C=NC4C(C)C)=CC2)ccc1OC(C)C. The molecule has 4 rings (SSSR count).